The van der Waals surface area contributed by atoms with Gasteiger partial charge in [0.2, 0.25) is 0 Å². The molecule has 0 bridgehead atoms. The highest BCUT2D eigenvalue weighted by Crippen LogP contribution is 2.32. The molecule has 0 heterocycles. The fraction of sp³-hybridized carbons (Fsp3) is 0.421. The van der Waals surface area contributed by atoms with Crippen LogP contribution < -0.4 is 0 Å². The standard InChI is InChI=1S/C19H25N/c1-5-16-10-17(6-2)12-19(11-16)15(4)20-13-14(3)18-8-7-9-18/h5,10-13,18H,1,6-9H2,2-4H3/b14-13+,20-15+. The second-order valence-electron chi connectivity index (χ2n) is 5.74. The summed E-state index contributed by atoms with van der Waals surface area (Å²) in [5, 5.41) is 0. The van der Waals surface area contributed by atoms with E-state index in [0.29, 0.717) is 0 Å². The third-order valence-electron chi connectivity index (χ3n) is 4.29. The van der Waals surface area contributed by atoms with Gasteiger partial charge in [-0.2, -0.15) is 0 Å². The van der Waals surface area contributed by atoms with Crippen molar-refractivity contribution in [3.8, 4) is 0 Å². The molecule has 0 saturated heterocycles. The Balaban J connectivity index is 2.22. The van der Waals surface area contributed by atoms with Crippen molar-refractivity contribution < 1.29 is 0 Å². The third kappa shape index (κ3) is 3.47. The van der Waals surface area contributed by atoms with Crippen molar-refractivity contribution in [2.24, 2.45) is 10.9 Å². The lowest BCUT2D eigenvalue weighted by molar-refractivity contribution is 0.367. The molecule has 0 aliphatic heterocycles. The molecule has 0 spiro atoms. The number of benzene rings is 1. The number of allylic oxidation sites excluding steroid dienone is 1. The van der Waals surface area contributed by atoms with E-state index in [1.165, 1.54) is 41.5 Å². The van der Waals surface area contributed by atoms with Gasteiger partial charge in [0, 0.05) is 11.9 Å². The van der Waals surface area contributed by atoms with Crippen LogP contribution in [0.2, 0.25) is 0 Å². The fourth-order valence-corrected chi connectivity index (χ4v) is 2.49. The van der Waals surface area contributed by atoms with E-state index in [1.807, 2.05) is 6.08 Å². The molecule has 1 aliphatic rings. The molecule has 1 nitrogen and oxygen atoms in total. The molecule has 0 unspecified atom stereocenters. The summed E-state index contributed by atoms with van der Waals surface area (Å²) >= 11 is 0. The summed E-state index contributed by atoms with van der Waals surface area (Å²) < 4.78 is 0. The van der Waals surface area contributed by atoms with Gasteiger partial charge in [-0.1, -0.05) is 37.6 Å². The maximum atomic E-state index is 4.67. The smallest absolute Gasteiger partial charge is 0.0445 e. The lowest BCUT2D eigenvalue weighted by Gasteiger charge is -2.25. The number of nitrogens with zero attached hydrogens (tertiary/aromatic N) is 1. The van der Waals surface area contributed by atoms with E-state index in [2.05, 4.69) is 56.7 Å². The van der Waals surface area contributed by atoms with Crippen LogP contribution in [0.1, 0.15) is 56.7 Å². The minimum absolute atomic E-state index is 0.775. The summed E-state index contributed by atoms with van der Waals surface area (Å²) in [6, 6.07) is 6.59. The molecule has 0 amide bonds. The highest BCUT2D eigenvalue weighted by molar-refractivity contribution is 5.99. The Morgan fingerprint density at radius 3 is 2.60 bits per heavy atom. The van der Waals surface area contributed by atoms with Crippen molar-refractivity contribution in [3.63, 3.8) is 0 Å². The number of aryl methyl sites for hydroxylation is 1. The molecular weight excluding hydrogens is 242 g/mol. The highest BCUT2D eigenvalue weighted by atomic mass is 14.7. The van der Waals surface area contributed by atoms with E-state index in [0.717, 1.165) is 18.1 Å². The normalized spacial score (nSPS) is 16.9. The van der Waals surface area contributed by atoms with Crippen LogP contribution in [-0.4, -0.2) is 5.71 Å². The zero-order valence-electron chi connectivity index (χ0n) is 12.9. The van der Waals surface area contributed by atoms with Gasteiger partial charge in [0.05, 0.1) is 0 Å². The van der Waals surface area contributed by atoms with E-state index >= 15 is 0 Å². The SMILES string of the molecule is C=Cc1cc(CC)cc(/C(C)=N/C=C(\C)C2CCC2)c1. The number of aliphatic imine (C=N–C) groups is 1. The molecule has 1 aromatic carbocycles. The average molecular weight is 267 g/mol. The molecule has 1 aromatic rings. The minimum atomic E-state index is 0.775. The Morgan fingerprint density at radius 2 is 2.05 bits per heavy atom. The zero-order chi connectivity index (χ0) is 14.5. The lowest BCUT2D eigenvalue weighted by atomic mass is 9.81. The summed E-state index contributed by atoms with van der Waals surface area (Å²) in [7, 11) is 0. The van der Waals surface area contributed by atoms with Crippen molar-refractivity contribution in [2.75, 3.05) is 0 Å². The summed E-state index contributed by atoms with van der Waals surface area (Å²) in [4.78, 5) is 4.67. The molecule has 1 heteroatoms. The first kappa shape index (κ1) is 14.8. The number of hydrogen-bond acceptors (Lipinski definition) is 1. The first-order valence-electron chi connectivity index (χ1n) is 7.62. The first-order valence-corrected chi connectivity index (χ1v) is 7.62. The van der Waals surface area contributed by atoms with Gasteiger partial charge < -0.3 is 0 Å². The van der Waals surface area contributed by atoms with Crippen LogP contribution in [0.15, 0.2) is 41.5 Å². The topological polar surface area (TPSA) is 12.4 Å². The maximum absolute atomic E-state index is 4.67. The van der Waals surface area contributed by atoms with Gasteiger partial charge in [-0.05, 0) is 67.9 Å². The molecule has 2 rings (SSSR count). The van der Waals surface area contributed by atoms with Gasteiger partial charge in [-0.25, -0.2) is 0 Å². The molecule has 0 atom stereocenters. The van der Waals surface area contributed by atoms with Gasteiger partial charge in [0.25, 0.3) is 0 Å². The molecule has 1 aliphatic carbocycles. The van der Waals surface area contributed by atoms with Crippen molar-refractivity contribution >= 4 is 11.8 Å². The Morgan fingerprint density at radius 1 is 1.30 bits per heavy atom. The van der Waals surface area contributed by atoms with Gasteiger partial charge in [-0.3, -0.25) is 4.99 Å². The van der Waals surface area contributed by atoms with Crippen LogP contribution in [0.5, 0.6) is 0 Å². The van der Waals surface area contributed by atoms with Crippen molar-refractivity contribution in [3.05, 3.63) is 53.2 Å². The first-order chi connectivity index (χ1) is 9.63. The quantitative estimate of drug-likeness (QED) is 0.633. The fourth-order valence-electron chi connectivity index (χ4n) is 2.49. The Labute approximate surface area is 123 Å². The molecule has 0 radical (unpaired) electrons. The summed E-state index contributed by atoms with van der Waals surface area (Å²) in [6.45, 7) is 10.3. The molecule has 106 valence electrons. The van der Waals surface area contributed by atoms with Crippen LogP contribution >= 0.6 is 0 Å². The predicted octanol–water partition coefficient (Wildman–Crippen LogP) is 5.40. The monoisotopic (exact) mass is 267 g/mol. The molecule has 0 N–H and O–H groups in total. The minimum Gasteiger partial charge on any atom is -0.261 e. The van der Waals surface area contributed by atoms with E-state index in [4.69, 9.17) is 0 Å². The van der Waals surface area contributed by atoms with Crippen molar-refractivity contribution in [2.45, 2.75) is 46.5 Å². The largest absolute Gasteiger partial charge is 0.261 e. The predicted molar refractivity (Wildman–Crippen MR) is 89.2 cm³/mol. The Kier molecular flexibility index (Phi) is 4.94. The lowest BCUT2D eigenvalue weighted by Crippen LogP contribution is -2.11. The molecule has 1 saturated carbocycles. The van der Waals surface area contributed by atoms with E-state index in [-0.39, 0.29) is 0 Å². The Hall–Kier alpha value is -1.63. The van der Waals surface area contributed by atoms with Crippen LogP contribution in [0.4, 0.5) is 0 Å². The van der Waals surface area contributed by atoms with Gasteiger partial charge in [0.1, 0.15) is 0 Å². The Bertz CT molecular complexity index is 545. The van der Waals surface area contributed by atoms with Crippen LogP contribution in [0.3, 0.4) is 0 Å². The van der Waals surface area contributed by atoms with Gasteiger partial charge in [0.15, 0.2) is 0 Å². The van der Waals surface area contributed by atoms with Crippen LogP contribution in [-0.2, 0) is 6.42 Å². The second-order valence-corrected chi connectivity index (χ2v) is 5.74. The molecular formula is C19H25N. The molecule has 20 heavy (non-hydrogen) atoms. The highest BCUT2D eigenvalue weighted by Gasteiger charge is 2.18. The zero-order valence-corrected chi connectivity index (χ0v) is 12.9. The summed E-state index contributed by atoms with van der Waals surface area (Å²) in [6.07, 6.45) is 9.06. The van der Waals surface area contributed by atoms with Gasteiger partial charge >= 0.3 is 0 Å². The van der Waals surface area contributed by atoms with Crippen molar-refractivity contribution in [1.29, 1.82) is 0 Å². The van der Waals surface area contributed by atoms with Crippen LogP contribution in [0.25, 0.3) is 6.08 Å². The molecule has 1 fully saturated rings. The third-order valence-corrected chi connectivity index (χ3v) is 4.29. The van der Waals surface area contributed by atoms with Crippen LogP contribution in [0, 0.1) is 5.92 Å². The van der Waals surface area contributed by atoms with E-state index in [9.17, 15) is 0 Å². The maximum Gasteiger partial charge on any atom is 0.0445 e. The number of rotatable bonds is 5. The average Bonchev–Trinajstić information content (AvgIpc) is 2.42. The summed E-state index contributed by atoms with van der Waals surface area (Å²) in [5.74, 6) is 0.775. The number of hydrogen-bond donors (Lipinski definition) is 0. The second kappa shape index (κ2) is 6.69. The van der Waals surface area contributed by atoms with Gasteiger partial charge in [-0.15, -0.1) is 0 Å². The summed E-state index contributed by atoms with van der Waals surface area (Å²) in [5.41, 5.74) is 6.23. The van der Waals surface area contributed by atoms with E-state index in [1.54, 1.807) is 0 Å². The molecule has 0 aromatic heterocycles. The van der Waals surface area contributed by atoms with Crippen molar-refractivity contribution in [1.82, 2.24) is 0 Å². The van der Waals surface area contributed by atoms with E-state index < -0.39 is 0 Å².